The third kappa shape index (κ3) is 4.34. The Labute approximate surface area is 189 Å². The summed E-state index contributed by atoms with van der Waals surface area (Å²) in [6.07, 6.45) is 3.38. The van der Waals surface area contributed by atoms with Gasteiger partial charge in [-0.15, -0.1) is 0 Å². The van der Waals surface area contributed by atoms with E-state index in [2.05, 4.69) is 36.4 Å². The Morgan fingerprint density at radius 3 is 2.53 bits per heavy atom. The number of hydrogen-bond acceptors (Lipinski definition) is 4. The molecule has 3 aromatic rings. The van der Waals surface area contributed by atoms with Crippen molar-refractivity contribution in [2.24, 2.45) is 5.92 Å². The first-order valence-electron chi connectivity index (χ1n) is 11.1. The molecule has 1 atom stereocenters. The quantitative estimate of drug-likeness (QED) is 0.621. The van der Waals surface area contributed by atoms with Crippen molar-refractivity contribution >= 4 is 11.6 Å². The van der Waals surface area contributed by atoms with Gasteiger partial charge >= 0.3 is 0 Å². The summed E-state index contributed by atoms with van der Waals surface area (Å²) in [4.78, 5) is 15.1. The van der Waals surface area contributed by atoms with Crippen LogP contribution in [0, 0.1) is 5.92 Å². The Kier molecular flexibility index (Phi) is 5.58. The van der Waals surface area contributed by atoms with Crippen LogP contribution in [0.1, 0.15) is 27.9 Å². The molecule has 0 saturated carbocycles. The van der Waals surface area contributed by atoms with Gasteiger partial charge in [0.2, 0.25) is 6.79 Å². The number of aryl methyl sites for hydroxylation is 1. The van der Waals surface area contributed by atoms with Crippen molar-refractivity contribution in [3.05, 3.63) is 77.4 Å². The van der Waals surface area contributed by atoms with Crippen LogP contribution in [0.4, 0.5) is 5.69 Å². The molecule has 1 amide bonds. The Morgan fingerprint density at radius 1 is 0.938 bits per heavy atom. The van der Waals surface area contributed by atoms with Crippen molar-refractivity contribution in [1.29, 1.82) is 0 Å². The maximum absolute atomic E-state index is 12.8. The molecule has 3 aromatic carbocycles. The fraction of sp³-hybridized carbons (Fsp3) is 0.296. The van der Waals surface area contributed by atoms with E-state index in [0.29, 0.717) is 11.5 Å². The third-order valence-electron chi connectivity index (χ3n) is 6.27. The maximum atomic E-state index is 12.8. The minimum absolute atomic E-state index is 0.0940. The summed E-state index contributed by atoms with van der Waals surface area (Å²) in [5.74, 6) is 2.14. The SMILES string of the molecule is CN(C)CC1CCc2cc(NC(=O)c3ccc(-c4ccc5c(c4)OCO5)cc3)ccc2C1. The van der Waals surface area contributed by atoms with Gasteiger partial charge in [0, 0.05) is 17.8 Å². The molecule has 0 saturated heterocycles. The van der Waals surface area contributed by atoms with Crippen LogP contribution in [-0.4, -0.2) is 38.2 Å². The largest absolute Gasteiger partial charge is 0.454 e. The van der Waals surface area contributed by atoms with Crippen LogP contribution in [0.2, 0.25) is 0 Å². The molecular formula is C27H28N2O3. The van der Waals surface area contributed by atoms with Gasteiger partial charge in [-0.2, -0.15) is 0 Å². The molecule has 0 bridgehead atoms. The number of nitrogens with zero attached hydrogens (tertiary/aromatic N) is 1. The number of rotatable bonds is 5. The lowest BCUT2D eigenvalue weighted by atomic mass is 9.83. The number of carbonyl (C=O) groups is 1. The fourth-order valence-corrected chi connectivity index (χ4v) is 4.67. The van der Waals surface area contributed by atoms with Crippen LogP contribution in [0.3, 0.4) is 0 Å². The smallest absolute Gasteiger partial charge is 0.255 e. The average Bonchev–Trinajstić information content (AvgIpc) is 3.27. The van der Waals surface area contributed by atoms with Gasteiger partial charge in [0.25, 0.3) is 5.91 Å². The maximum Gasteiger partial charge on any atom is 0.255 e. The number of ether oxygens (including phenoxy) is 2. The van der Waals surface area contributed by atoms with E-state index in [-0.39, 0.29) is 12.7 Å². The first-order chi connectivity index (χ1) is 15.5. The molecule has 1 aliphatic carbocycles. The Hall–Kier alpha value is -3.31. The monoisotopic (exact) mass is 428 g/mol. The summed E-state index contributed by atoms with van der Waals surface area (Å²) in [6, 6.07) is 19.9. The third-order valence-corrected chi connectivity index (χ3v) is 6.27. The molecule has 0 spiro atoms. The average molecular weight is 429 g/mol. The van der Waals surface area contributed by atoms with E-state index in [1.807, 2.05) is 48.5 Å². The van der Waals surface area contributed by atoms with E-state index >= 15 is 0 Å². The molecule has 1 unspecified atom stereocenters. The standard InChI is InChI=1S/C27H28N2O3/c1-29(2)16-18-3-4-22-14-24(11-9-21(22)13-18)28-27(30)20-7-5-19(6-8-20)23-10-12-25-26(15-23)32-17-31-25/h5-12,14-15,18H,3-4,13,16-17H2,1-2H3,(H,28,30). The van der Waals surface area contributed by atoms with Crippen LogP contribution in [0.25, 0.3) is 11.1 Å². The summed E-state index contributed by atoms with van der Waals surface area (Å²) < 4.78 is 10.8. The molecule has 5 nitrogen and oxygen atoms in total. The van der Waals surface area contributed by atoms with Crippen molar-refractivity contribution in [1.82, 2.24) is 4.90 Å². The molecule has 164 valence electrons. The van der Waals surface area contributed by atoms with Crippen molar-refractivity contribution in [2.45, 2.75) is 19.3 Å². The summed E-state index contributed by atoms with van der Waals surface area (Å²) >= 11 is 0. The normalized spacial score (nSPS) is 16.7. The zero-order chi connectivity index (χ0) is 22.1. The predicted molar refractivity (Wildman–Crippen MR) is 126 cm³/mol. The zero-order valence-corrected chi connectivity index (χ0v) is 18.6. The molecular weight excluding hydrogens is 400 g/mol. The molecule has 0 aromatic heterocycles. The second-order valence-corrected chi connectivity index (χ2v) is 8.95. The van der Waals surface area contributed by atoms with E-state index in [0.717, 1.165) is 47.7 Å². The van der Waals surface area contributed by atoms with E-state index in [4.69, 9.17) is 9.47 Å². The molecule has 5 rings (SSSR count). The predicted octanol–water partition coefficient (Wildman–Crippen LogP) is 5.00. The summed E-state index contributed by atoms with van der Waals surface area (Å²) in [7, 11) is 4.27. The van der Waals surface area contributed by atoms with Crippen molar-refractivity contribution in [3.8, 4) is 22.6 Å². The highest BCUT2D eigenvalue weighted by atomic mass is 16.7. The van der Waals surface area contributed by atoms with Gasteiger partial charge in [-0.25, -0.2) is 0 Å². The van der Waals surface area contributed by atoms with Gasteiger partial charge in [0.1, 0.15) is 0 Å². The topological polar surface area (TPSA) is 50.8 Å². The van der Waals surface area contributed by atoms with E-state index < -0.39 is 0 Å². The number of fused-ring (bicyclic) bond motifs is 2. The van der Waals surface area contributed by atoms with Crippen molar-refractivity contribution < 1.29 is 14.3 Å². The van der Waals surface area contributed by atoms with Gasteiger partial charge in [0.15, 0.2) is 11.5 Å². The number of hydrogen-bond donors (Lipinski definition) is 1. The first-order valence-corrected chi connectivity index (χ1v) is 11.1. The van der Waals surface area contributed by atoms with Gasteiger partial charge in [-0.05, 0) is 97.9 Å². The van der Waals surface area contributed by atoms with E-state index in [1.165, 1.54) is 17.5 Å². The lowest BCUT2D eigenvalue weighted by Gasteiger charge is -2.27. The van der Waals surface area contributed by atoms with E-state index in [9.17, 15) is 4.79 Å². The second-order valence-electron chi connectivity index (χ2n) is 8.95. The Morgan fingerprint density at radius 2 is 1.72 bits per heavy atom. The Bertz CT molecular complexity index is 1140. The Balaban J connectivity index is 1.25. The molecule has 2 aliphatic rings. The summed E-state index contributed by atoms with van der Waals surface area (Å²) in [5, 5.41) is 3.06. The molecule has 0 radical (unpaired) electrons. The number of nitrogens with one attached hydrogen (secondary N) is 1. The molecule has 1 aliphatic heterocycles. The molecule has 32 heavy (non-hydrogen) atoms. The highest BCUT2D eigenvalue weighted by molar-refractivity contribution is 6.04. The van der Waals surface area contributed by atoms with Crippen LogP contribution < -0.4 is 14.8 Å². The first kappa shape index (κ1) is 20.6. The van der Waals surface area contributed by atoms with Crippen LogP contribution in [0.15, 0.2) is 60.7 Å². The van der Waals surface area contributed by atoms with Crippen LogP contribution in [-0.2, 0) is 12.8 Å². The van der Waals surface area contributed by atoms with Gasteiger partial charge in [-0.1, -0.05) is 24.3 Å². The number of carbonyl (C=O) groups excluding carboxylic acids is 1. The molecule has 1 heterocycles. The highest BCUT2D eigenvalue weighted by Gasteiger charge is 2.20. The van der Waals surface area contributed by atoms with Crippen LogP contribution >= 0.6 is 0 Å². The highest BCUT2D eigenvalue weighted by Crippen LogP contribution is 2.36. The minimum atomic E-state index is -0.0940. The summed E-state index contributed by atoms with van der Waals surface area (Å²) in [5.41, 5.74) is 6.33. The number of amides is 1. The zero-order valence-electron chi connectivity index (χ0n) is 18.6. The molecule has 5 heteroatoms. The minimum Gasteiger partial charge on any atom is -0.454 e. The molecule has 1 N–H and O–H groups in total. The van der Waals surface area contributed by atoms with Gasteiger partial charge in [0.05, 0.1) is 0 Å². The van der Waals surface area contributed by atoms with Gasteiger partial charge < -0.3 is 19.7 Å². The van der Waals surface area contributed by atoms with E-state index in [1.54, 1.807) is 0 Å². The fourth-order valence-electron chi connectivity index (χ4n) is 4.67. The van der Waals surface area contributed by atoms with Crippen molar-refractivity contribution in [3.63, 3.8) is 0 Å². The van der Waals surface area contributed by atoms with Crippen LogP contribution in [0.5, 0.6) is 11.5 Å². The van der Waals surface area contributed by atoms with Gasteiger partial charge in [-0.3, -0.25) is 4.79 Å². The van der Waals surface area contributed by atoms with Crippen molar-refractivity contribution in [2.75, 3.05) is 32.7 Å². The number of benzene rings is 3. The second kappa shape index (κ2) is 8.67. The summed E-state index contributed by atoms with van der Waals surface area (Å²) in [6.45, 7) is 1.39. The molecule has 0 fully saturated rings. The lowest BCUT2D eigenvalue weighted by Crippen LogP contribution is -2.26. The lowest BCUT2D eigenvalue weighted by molar-refractivity contribution is 0.102. The number of anilines is 1.